The minimum atomic E-state index is -0.850. The summed E-state index contributed by atoms with van der Waals surface area (Å²) in [5, 5.41) is 0. The van der Waals surface area contributed by atoms with E-state index in [2.05, 4.69) is 0 Å². The molecule has 0 radical (unpaired) electrons. The molecule has 1 aromatic rings. The second-order valence-electron chi connectivity index (χ2n) is 4.11. The van der Waals surface area contributed by atoms with E-state index in [1.165, 1.54) is 7.11 Å². The molecule has 1 heterocycles. The highest BCUT2D eigenvalue weighted by molar-refractivity contribution is 5.85. The van der Waals surface area contributed by atoms with Crippen LogP contribution >= 0.6 is 0 Å². The van der Waals surface area contributed by atoms with Crippen LogP contribution in [-0.2, 0) is 19.9 Å². The molecule has 1 fully saturated rings. The predicted octanol–water partition coefficient (Wildman–Crippen LogP) is 2.17. The van der Waals surface area contributed by atoms with Crippen molar-refractivity contribution in [1.82, 2.24) is 0 Å². The van der Waals surface area contributed by atoms with Crippen LogP contribution in [0, 0.1) is 6.92 Å². The van der Waals surface area contributed by atoms with E-state index in [0.717, 1.165) is 17.5 Å². The molecule has 86 valence electrons. The van der Waals surface area contributed by atoms with Crippen molar-refractivity contribution in [3.8, 4) is 0 Å². The van der Waals surface area contributed by atoms with Crippen LogP contribution in [-0.4, -0.2) is 19.2 Å². The topological polar surface area (TPSA) is 38.8 Å². The third-order valence-electron chi connectivity index (χ3n) is 3.06. The summed E-state index contributed by atoms with van der Waals surface area (Å²) in [6.07, 6.45) is 0.755. The van der Waals surface area contributed by atoms with Crippen LogP contribution in [0.25, 0.3) is 0 Å². The highest BCUT2D eigenvalue weighted by atomic mass is 16.7. The highest BCUT2D eigenvalue weighted by Gasteiger charge is 2.63. The first kappa shape index (κ1) is 11.1. The van der Waals surface area contributed by atoms with E-state index in [4.69, 9.17) is 9.47 Å². The molecule has 0 bridgehead atoms. The zero-order chi connectivity index (χ0) is 11.8. The molecule has 1 aliphatic rings. The number of methoxy groups -OCH3 is 1. The number of ether oxygens (including phenoxy) is 2. The number of benzene rings is 1. The average Bonchev–Trinajstić information content (AvgIpc) is 3.04. The molecule has 1 saturated heterocycles. The number of carbonyl (C=O) groups excluding carboxylic acids is 1. The summed E-state index contributed by atoms with van der Waals surface area (Å²) >= 11 is 0. The number of rotatable bonds is 3. The maximum Gasteiger partial charge on any atom is 0.345 e. The van der Waals surface area contributed by atoms with Crippen LogP contribution in [0.15, 0.2) is 24.3 Å². The maximum atomic E-state index is 11.8. The molecule has 3 nitrogen and oxygen atoms in total. The minimum Gasteiger partial charge on any atom is -0.467 e. The second-order valence-corrected chi connectivity index (χ2v) is 4.11. The molecule has 1 aromatic carbocycles. The summed E-state index contributed by atoms with van der Waals surface area (Å²) in [5.41, 5.74) is 1.20. The number of hydrogen-bond donors (Lipinski definition) is 0. The predicted molar refractivity (Wildman–Crippen MR) is 60.0 cm³/mol. The lowest BCUT2D eigenvalue weighted by Crippen LogP contribution is -2.26. The Balaban J connectivity index is 2.35. The molecule has 2 rings (SSSR count). The number of epoxide rings is 1. The Kier molecular flexibility index (Phi) is 2.72. The fourth-order valence-corrected chi connectivity index (χ4v) is 2.07. The average molecular weight is 220 g/mol. The molecule has 16 heavy (non-hydrogen) atoms. The van der Waals surface area contributed by atoms with Gasteiger partial charge in [-0.25, -0.2) is 4.79 Å². The minimum absolute atomic E-state index is 0.0531. The summed E-state index contributed by atoms with van der Waals surface area (Å²) in [5.74, 6) is -0.303. The Bertz CT molecular complexity index is 396. The van der Waals surface area contributed by atoms with Gasteiger partial charge in [-0.2, -0.15) is 0 Å². The van der Waals surface area contributed by atoms with Gasteiger partial charge >= 0.3 is 5.97 Å². The smallest absolute Gasteiger partial charge is 0.345 e. The molecular weight excluding hydrogens is 204 g/mol. The lowest BCUT2D eigenvalue weighted by Gasteiger charge is -2.11. The van der Waals surface area contributed by atoms with Gasteiger partial charge in [0.25, 0.3) is 0 Å². The first-order valence-electron chi connectivity index (χ1n) is 5.48. The quantitative estimate of drug-likeness (QED) is 0.579. The summed E-state index contributed by atoms with van der Waals surface area (Å²) < 4.78 is 10.4. The molecule has 3 heteroatoms. The van der Waals surface area contributed by atoms with Gasteiger partial charge in [0.15, 0.2) is 0 Å². The zero-order valence-corrected chi connectivity index (χ0v) is 9.82. The molecule has 1 aliphatic heterocycles. The molecule has 2 atom stereocenters. The van der Waals surface area contributed by atoms with E-state index >= 15 is 0 Å². The summed E-state index contributed by atoms with van der Waals surface area (Å²) in [6, 6.07) is 7.83. The Morgan fingerprint density at radius 2 is 2.06 bits per heavy atom. The molecule has 0 spiro atoms. The van der Waals surface area contributed by atoms with Gasteiger partial charge in [-0.05, 0) is 18.9 Å². The van der Waals surface area contributed by atoms with Crippen LogP contribution in [0.2, 0.25) is 0 Å². The molecule has 2 unspecified atom stereocenters. The Morgan fingerprint density at radius 1 is 1.44 bits per heavy atom. The van der Waals surface area contributed by atoms with Crippen LogP contribution in [0.3, 0.4) is 0 Å². The zero-order valence-electron chi connectivity index (χ0n) is 9.82. The standard InChI is InChI=1S/C13H16O3/c1-4-11-13(16-11,12(14)15-3)10-7-5-9(2)6-8-10/h5-8,11H,4H2,1-3H3. The van der Waals surface area contributed by atoms with Crippen molar-refractivity contribution in [3.05, 3.63) is 35.4 Å². The maximum absolute atomic E-state index is 11.8. The molecule has 0 N–H and O–H groups in total. The van der Waals surface area contributed by atoms with Gasteiger partial charge in [0.05, 0.1) is 7.11 Å². The summed E-state index contributed by atoms with van der Waals surface area (Å²) in [6.45, 7) is 4.02. The molecule has 0 aliphatic carbocycles. The summed E-state index contributed by atoms with van der Waals surface area (Å²) in [7, 11) is 1.40. The van der Waals surface area contributed by atoms with E-state index in [-0.39, 0.29) is 12.1 Å². The third kappa shape index (κ3) is 1.52. The van der Waals surface area contributed by atoms with E-state index in [1.54, 1.807) is 0 Å². The van der Waals surface area contributed by atoms with E-state index < -0.39 is 5.60 Å². The molecular formula is C13H16O3. The van der Waals surface area contributed by atoms with Crippen LogP contribution in [0.5, 0.6) is 0 Å². The number of aryl methyl sites for hydroxylation is 1. The van der Waals surface area contributed by atoms with Gasteiger partial charge in [0.2, 0.25) is 5.60 Å². The molecule has 0 amide bonds. The lowest BCUT2D eigenvalue weighted by molar-refractivity contribution is -0.147. The largest absolute Gasteiger partial charge is 0.467 e. The van der Waals surface area contributed by atoms with Crippen molar-refractivity contribution in [2.75, 3.05) is 7.11 Å². The molecule has 0 aromatic heterocycles. The lowest BCUT2D eigenvalue weighted by atomic mass is 9.93. The van der Waals surface area contributed by atoms with Crippen molar-refractivity contribution in [2.24, 2.45) is 0 Å². The number of hydrogen-bond acceptors (Lipinski definition) is 3. The SMILES string of the molecule is CCC1OC1(C(=O)OC)c1ccc(C)cc1. The fraction of sp³-hybridized carbons (Fsp3) is 0.462. The van der Waals surface area contributed by atoms with Gasteiger partial charge < -0.3 is 9.47 Å². The first-order chi connectivity index (χ1) is 7.65. The monoisotopic (exact) mass is 220 g/mol. The Morgan fingerprint density at radius 3 is 2.50 bits per heavy atom. The fourth-order valence-electron chi connectivity index (χ4n) is 2.07. The highest BCUT2D eigenvalue weighted by Crippen LogP contribution is 2.48. The van der Waals surface area contributed by atoms with Gasteiger partial charge in [-0.15, -0.1) is 0 Å². The van der Waals surface area contributed by atoms with Crippen LogP contribution < -0.4 is 0 Å². The van der Waals surface area contributed by atoms with Crippen molar-refractivity contribution in [3.63, 3.8) is 0 Å². The van der Waals surface area contributed by atoms with Crippen molar-refractivity contribution >= 4 is 5.97 Å². The second kappa shape index (κ2) is 3.91. The number of esters is 1. The van der Waals surface area contributed by atoms with Gasteiger partial charge in [-0.1, -0.05) is 36.8 Å². The normalized spacial score (nSPS) is 27.6. The summed E-state index contributed by atoms with van der Waals surface area (Å²) in [4.78, 5) is 11.8. The first-order valence-corrected chi connectivity index (χ1v) is 5.48. The van der Waals surface area contributed by atoms with E-state index in [9.17, 15) is 4.79 Å². The van der Waals surface area contributed by atoms with Crippen molar-refractivity contribution in [1.29, 1.82) is 0 Å². The Labute approximate surface area is 95.4 Å². The third-order valence-corrected chi connectivity index (χ3v) is 3.06. The van der Waals surface area contributed by atoms with Crippen molar-refractivity contribution < 1.29 is 14.3 Å². The molecule has 0 saturated carbocycles. The van der Waals surface area contributed by atoms with Gasteiger partial charge in [0, 0.05) is 0 Å². The van der Waals surface area contributed by atoms with Gasteiger partial charge in [-0.3, -0.25) is 0 Å². The number of carbonyl (C=O) groups is 1. The van der Waals surface area contributed by atoms with E-state index in [1.807, 2.05) is 38.1 Å². The van der Waals surface area contributed by atoms with Gasteiger partial charge in [0.1, 0.15) is 6.10 Å². The van der Waals surface area contributed by atoms with Crippen LogP contribution in [0.1, 0.15) is 24.5 Å². The van der Waals surface area contributed by atoms with E-state index in [0.29, 0.717) is 0 Å². The van der Waals surface area contributed by atoms with Crippen molar-refractivity contribution in [2.45, 2.75) is 32.0 Å². The van der Waals surface area contributed by atoms with Crippen LogP contribution in [0.4, 0.5) is 0 Å². The Hall–Kier alpha value is -1.35.